The molecule has 0 unspecified atom stereocenters. The molecule has 4 rings (SSSR count). The summed E-state index contributed by atoms with van der Waals surface area (Å²) in [7, 11) is 0. The van der Waals surface area contributed by atoms with Crippen molar-refractivity contribution in [3.63, 3.8) is 0 Å². The van der Waals surface area contributed by atoms with Crippen molar-refractivity contribution in [1.29, 1.82) is 0 Å². The Labute approximate surface area is 154 Å². The predicted octanol–water partition coefficient (Wildman–Crippen LogP) is 2.24. The van der Waals surface area contributed by atoms with Crippen LogP contribution < -0.4 is 11.1 Å². The molecule has 0 spiro atoms. The van der Waals surface area contributed by atoms with Gasteiger partial charge >= 0.3 is 0 Å². The summed E-state index contributed by atoms with van der Waals surface area (Å²) in [5, 5.41) is 6.97. The lowest BCUT2D eigenvalue weighted by atomic mass is 10.1. The van der Waals surface area contributed by atoms with Gasteiger partial charge in [-0.25, -0.2) is 4.98 Å². The van der Waals surface area contributed by atoms with Crippen LogP contribution in [-0.4, -0.2) is 35.2 Å². The lowest BCUT2D eigenvalue weighted by molar-refractivity contribution is -0.114. The minimum atomic E-state index is -0.119. The number of nitrogens with zero attached hydrogens (tertiary/aromatic N) is 6. The number of aryl methyl sites for hydroxylation is 1. The van der Waals surface area contributed by atoms with Crippen LogP contribution >= 0.6 is 0 Å². The van der Waals surface area contributed by atoms with E-state index in [-0.39, 0.29) is 11.9 Å². The number of nitrogens with one attached hydrogen (secondary N) is 1. The zero-order valence-electron chi connectivity index (χ0n) is 14.9. The molecule has 0 saturated heterocycles. The molecule has 1 amide bonds. The first-order valence-corrected chi connectivity index (χ1v) is 8.46. The highest BCUT2D eigenvalue weighted by atomic mass is 16.1. The zero-order valence-corrected chi connectivity index (χ0v) is 14.9. The number of fused-ring (bicyclic) bond motifs is 1. The molecule has 0 aliphatic heterocycles. The number of rotatable bonds is 4. The molecule has 4 aromatic rings. The number of nitrogen functional groups attached to an aromatic ring is 1. The molecule has 0 saturated carbocycles. The van der Waals surface area contributed by atoms with Crippen LogP contribution in [0.4, 0.5) is 11.6 Å². The lowest BCUT2D eigenvalue weighted by Crippen LogP contribution is -2.10. The van der Waals surface area contributed by atoms with Gasteiger partial charge in [0, 0.05) is 30.9 Å². The number of nitrogens with two attached hydrogens (primary N) is 1. The lowest BCUT2D eigenvalue weighted by Gasteiger charge is -2.10. The number of pyridine rings is 1. The van der Waals surface area contributed by atoms with Gasteiger partial charge in [0.25, 0.3) is 0 Å². The number of amides is 1. The van der Waals surface area contributed by atoms with E-state index in [4.69, 9.17) is 5.73 Å². The van der Waals surface area contributed by atoms with Crippen molar-refractivity contribution < 1.29 is 4.79 Å². The molecule has 3 N–H and O–H groups in total. The zero-order chi connectivity index (χ0) is 19.0. The second kappa shape index (κ2) is 6.52. The molecule has 9 heteroatoms. The number of aromatic nitrogens is 6. The fraction of sp³-hybridized carbons (Fsp3) is 0.167. The van der Waals surface area contributed by atoms with Crippen LogP contribution in [0.25, 0.3) is 28.1 Å². The third kappa shape index (κ3) is 2.88. The normalized spacial score (nSPS) is 11.0. The summed E-state index contributed by atoms with van der Waals surface area (Å²) in [6, 6.07) is 7.62. The Morgan fingerprint density at radius 1 is 1.30 bits per heavy atom. The molecule has 9 nitrogen and oxygen atoms in total. The molecule has 27 heavy (non-hydrogen) atoms. The average Bonchev–Trinajstić information content (AvgIpc) is 3.23. The first-order valence-electron chi connectivity index (χ1n) is 8.46. The van der Waals surface area contributed by atoms with Crippen molar-refractivity contribution in [3.05, 3.63) is 43.0 Å². The molecule has 3 aromatic heterocycles. The maximum atomic E-state index is 11.4. The fourth-order valence-electron chi connectivity index (χ4n) is 3.12. The average molecular weight is 362 g/mol. The van der Waals surface area contributed by atoms with Crippen molar-refractivity contribution in [3.8, 4) is 17.1 Å². The van der Waals surface area contributed by atoms with E-state index < -0.39 is 0 Å². The number of hydrogen-bond acceptors (Lipinski definition) is 6. The maximum absolute atomic E-state index is 11.4. The molecule has 1 aromatic carbocycles. The largest absolute Gasteiger partial charge is 0.368 e. The van der Waals surface area contributed by atoms with Crippen LogP contribution in [0.3, 0.4) is 0 Å². The Morgan fingerprint density at radius 3 is 2.85 bits per heavy atom. The molecule has 0 bridgehead atoms. The second-order valence-corrected chi connectivity index (χ2v) is 6.00. The number of anilines is 2. The van der Waals surface area contributed by atoms with E-state index >= 15 is 0 Å². The Morgan fingerprint density at radius 2 is 2.15 bits per heavy atom. The van der Waals surface area contributed by atoms with Crippen molar-refractivity contribution in [2.24, 2.45) is 0 Å². The van der Waals surface area contributed by atoms with E-state index in [1.54, 1.807) is 12.4 Å². The highest BCUT2D eigenvalue weighted by Crippen LogP contribution is 2.31. The van der Waals surface area contributed by atoms with Crippen molar-refractivity contribution in [2.75, 3.05) is 11.1 Å². The van der Waals surface area contributed by atoms with Gasteiger partial charge in [0.05, 0.1) is 11.7 Å². The standard InChI is InChI=1S/C18H18N8O/c1-3-25-16-14(12-5-4-6-13(7-12)23-11(2)27)8-20-9-15(16)24-18(25)26-17(19)21-10-22-26/h4-10H,3H2,1-2H3,(H,23,27)(H2,19,21,22). The molecule has 136 valence electrons. The summed E-state index contributed by atoms with van der Waals surface area (Å²) in [4.78, 5) is 24.3. The molecule has 3 heterocycles. The van der Waals surface area contributed by atoms with Crippen LogP contribution in [0.1, 0.15) is 13.8 Å². The van der Waals surface area contributed by atoms with Crippen LogP contribution in [0.5, 0.6) is 0 Å². The predicted molar refractivity (Wildman–Crippen MR) is 102 cm³/mol. The molecular weight excluding hydrogens is 344 g/mol. The minimum Gasteiger partial charge on any atom is -0.368 e. The smallest absolute Gasteiger partial charge is 0.235 e. The van der Waals surface area contributed by atoms with Gasteiger partial charge in [-0.3, -0.25) is 9.78 Å². The minimum absolute atomic E-state index is 0.119. The maximum Gasteiger partial charge on any atom is 0.235 e. The van der Waals surface area contributed by atoms with Crippen LogP contribution in [0.2, 0.25) is 0 Å². The summed E-state index contributed by atoms with van der Waals surface area (Å²) in [5.74, 6) is 0.725. The van der Waals surface area contributed by atoms with E-state index in [1.807, 2.05) is 35.8 Å². The first kappa shape index (κ1) is 16.7. The van der Waals surface area contributed by atoms with Gasteiger partial charge in [-0.15, -0.1) is 0 Å². The second-order valence-electron chi connectivity index (χ2n) is 6.00. The highest BCUT2D eigenvalue weighted by Gasteiger charge is 2.18. The van der Waals surface area contributed by atoms with Gasteiger partial charge < -0.3 is 15.6 Å². The fourth-order valence-corrected chi connectivity index (χ4v) is 3.12. The monoisotopic (exact) mass is 362 g/mol. The van der Waals surface area contributed by atoms with Crippen molar-refractivity contribution >= 4 is 28.6 Å². The summed E-state index contributed by atoms with van der Waals surface area (Å²) in [5.41, 5.74) is 10.1. The number of hydrogen-bond donors (Lipinski definition) is 2. The molecular formula is C18H18N8O. The summed E-state index contributed by atoms with van der Waals surface area (Å²) in [6.45, 7) is 4.17. The molecule has 0 atom stereocenters. The molecule has 0 fully saturated rings. The highest BCUT2D eigenvalue weighted by molar-refractivity contribution is 5.94. The van der Waals surface area contributed by atoms with Gasteiger partial charge in [-0.2, -0.15) is 14.8 Å². The quantitative estimate of drug-likeness (QED) is 0.575. The Kier molecular flexibility index (Phi) is 4.03. The molecule has 0 aliphatic rings. The number of carbonyl (C=O) groups is 1. The van der Waals surface area contributed by atoms with E-state index in [9.17, 15) is 4.79 Å². The Balaban J connectivity index is 1.94. The van der Waals surface area contributed by atoms with Crippen LogP contribution in [-0.2, 0) is 11.3 Å². The Bertz CT molecular complexity index is 1140. The summed E-state index contributed by atoms with van der Waals surface area (Å²) < 4.78 is 3.52. The van der Waals surface area contributed by atoms with E-state index in [0.717, 1.165) is 27.8 Å². The van der Waals surface area contributed by atoms with Gasteiger partial charge in [0.2, 0.25) is 17.8 Å². The van der Waals surface area contributed by atoms with Gasteiger partial charge in [-0.1, -0.05) is 12.1 Å². The molecule has 0 radical (unpaired) electrons. The third-order valence-corrected chi connectivity index (χ3v) is 4.20. The third-order valence-electron chi connectivity index (χ3n) is 4.20. The van der Waals surface area contributed by atoms with E-state index in [2.05, 4.69) is 25.4 Å². The number of carbonyl (C=O) groups excluding carboxylic acids is 1. The van der Waals surface area contributed by atoms with Crippen LogP contribution in [0.15, 0.2) is 43.0 Å². The van der Waals surface area contributed by atoms with Gasteiger partial charge in [0.15, 0.2) is 0 Å². The van der Waals surface area contributed by atoms with Crippen LogP contribution in [0, 0.1) is 0 Å². The topological polar surface area (TPSA) is 117 Å². The molecule has 0 aliphatic carbocycles. The van der Waals surface area contributed by atoms with Gasteiger partial charge in [-0.05, 0) is 24.6 Å². The number of imidazole rings is 1. The Hall–Kier alpha value is -3.75. The van der Waals surface area contributed by atoms with Gasteiger partial charge in [0.1, 0.15) is 11.8 Å². The summed E-state index contributed by atoms with van der Waals surface area (Å²) >= 11 is 0. The SMILES string of the molecule is CCn1c(-n2ncnc2N)nc2cncc(-c3cccc(NC(C)=O)c3)c21. The van der Waals surface area contributed by atoms with E-state index in [0.29, 0.717) is 12.5 Å². The summed E-state index contributed by atoms with van der Waals surface area (Å²) in [6.07, 6.45) is 4.89. The van der Waals surface area contributed by atoms with Crippen molar-refractivity contribution in [1.82, 2.24) is 29.3 Å². The number of benzene rings is 1. The van der Waals surface area contributed by atoms with Crippen molar-refractivity contribution in [2.45, 2.75) is 20.4 Å². The first-order chi connectivity index (χ1) is 13.1. The van der Waals surface area contributed by atoms with E-state index in [1.165, 1.54) is 17.9 Å².